The van der Waals surface area contributed by atoms with Gasteiger partial charge in [0.25, 0.3) is 10.0 Å². The molecule has 2 aromatic rings. The second kappa shape index (κ2) is 8.60. The number of fused-ring (bicyclic) bond motifs is 1. The van der Waals surface area contributed by atoms with Crippen LogP contribution in [0.2, 0.25) is 0 Å². The zero-order valence-electron chi connectivity index (χ0n) is 19.1. The van der Waals surface area contributed by atoms with Gasteiger partial charge < -0.3 is 14.6 Å². The summed E-state index contributed by atoms with van der Waals surface area (Å²) < 4.78 is 39.4. The molecule has 0 aliphatic carbocycles. The third-order valence-corrected chi connectivity index (χ3v) is 6.17. The third kappa shape index (κ3) is 4.97. The Labute approximate surface area is 189 Å². The van der Waals surface area contributed by atoms with E-state index in [1.165, 1.54) is 6.08 Å². The van der Waals surface area contributed by atoms with Crippen molar-refractivity contribution < 1.29 is 27.8 Å². The van der Waals surface area contributed by atoms with Crippen LogP contribution < -0.4 is 9.46 Å². The Hall–Kier alpha value is -2.84. The summed E-state index contributed by atoms with van der Waals surface area (Å²) in [4.78, 5) is 12.4. The van der Waals surface area contributed by atoms with Gasteiger partial charge in [0.2, 0.25) is 0 Å². The Morgan fingerprint density at radius 3 is 2.31 bits per heavy atom. The minimum absolute atomic E-state index is 0.0712. The van der Waals surface area contributed by atoms with E-state index in [-0.39, 0.29) is 12.3 Å². The second-order valence-corrected chi connectivity index (χ2v) is 10.5. The number of hydrogen-bond donors (Lipinski definition) is 2. The van der Waals surface area contributed by atoms with E-state index in [1.807, 2.05) is 31.2 Å². The lowest BCUT2D eigenvalue weighted by Gasteiger charge is -2.31. The summed E-state index contributed by atoms with van der Waals surface area (Å²) in [7, 11) is -3.77. The molecule has 0 saturated heterocycles. The molecule has 0 bridgehead atoms. The largest absolute Gasteiger partial charge is 0.487 e. The summed E-state index contributed by atoms with van der Waals surface area (Å²) in [5.41, 5.74) is 3.44. The van der Waals surface area contributed by atoms with Crippen molar-refractivity contribution >= 4 is 21.7 Å². The number of anilines is 1. The van der Waals surface area contributed by atoms with Crippen LogP contribution in [0.4, 0.5) is 5.69 Å². The van der Waals surface area contributed by atoms with Crippen molar-refractivity contribution in [2.24, 2.45) is 0 Å². The van der Waals surface area contributed by atoms with Crippen LogP contribution in [-0.4, -0.2) is 31.7 Å². The van der Waals surface area contributed by atoms with Crippen molar-refractivity contribution in [2.45, 2.75) is 53.2 Å². The number of nitrogens with one attached hydrogen (secondary N) is 1. The molecule has 0 saturated carbocycles. The van der Waals surface area contributed by atoms with E-state index in [2.05, 4.69) is 4.72 Å². The molecule has 1 aliphatic heterocycles. The molecule has 3 rings (SSSR count). The zero-order chi connectivity index (χ0) is 23.8. The highest BCUT2D eigenvalue weighted by Crippen LogP contribution is 2.47. The van der Waals surface area contributed by atoms with Gasteiger partial charge in [-0.05, 0) is 64.3 Å². The Morgan fingerprint density at radius 1 is 1.12 bits per heavy atom. The van der Waals surface area contributed by atoms with Crippen molar-refractivity contribution in [3.8, 4) is 16.9 Å². The van der Waals surface area contributed by atoms with E-state index in [9.17, 15) is 18.3 Å². The maximum atomic E-state index is 12.5. The molecule has 0 radical (unpaired) electrons. The van der Waals surface area contributed by atoms with Gasteiger partial charge in [-0.15, -0.1) is 0 Å². The van der Waals surface area contributed by atoms with Crippen LogP contribution in [0.3, 0.4) is 0 Å². The number of benzene rings is 2. The molecular weight excluding hydrogens is 430 g/mol. The number of carboxylic acid groups (broad SMARTS) is 1. The van der Waals surface area contributed by atoms with Crippen LogP contribution >= 0.6 is 0 Å². The molecule has 0 unspecified atom stereocenters. The fourth-order valence-electron chi connectivity index (χ4n) is 3.78. The number of hydrogen-bond acceptors (Lipinski definition) is 5. The quantitative estimate of drug-likeness (QED) is 0.676. The predicted molar refractivity (Wildman–Crippen MR) is 124 cm³/mol. The van der Waals surface area contributed by atoms with E-state index in [0.29, 0.717) is 28.0 Å². The smallest absolute Gasteiger partial charge is 0.337 e. The first-order valence-electron chi connectivity index (χ1n) is 10.3. The number of ether oxygens (including phenoxy) is 2. The van der Waals surface area contributed by atoms with E-state index in [0.717, 1.165) is 16.5 Å². The van der Waals surface area contributed by atoms with E-state index in [4.69, 9.17) is 9.47 Å². The highest BCUT2D eigenvalue weighted by molar-refractivity contribution is 7.95. The van der Waals surface area contributed by atoms with Crippen LogP contribution in [0.15, 0.2) is 35.7 Å². The molecule has 0 amide bonds. The van der Waals surface area contributed by atoms with Crippen molar-refractivity contribution in [3.05, 3.63) is 58.0 Å². The molecule has 1 heterocycles. The minimum Gasteiger partial charge on any atom is -0.487 e. The molecule has 7 nitrogen and oxygen atoms in total. The summed E-state index contributed by atoms with van der Waals surface area (Å²) in [6, 6.07) is 7.71. The lowest BCUT2D eigenvalue weighted by Crippen LogP contribution is -2.29. The van der Waals surface area contributed by atoms with E-state index in [1.54, 1.807) is 34.6 Å². The normalized spacial score (nSPS) is 17.2. The van der Waals surface area contributed by atoms with Crippen molar-refractivity contribution in [3.63, 3.8) is 0 Å². The first-order valence-corrected chi connectivity index (χ1v) is 11.8. The third-order valence-electron chi connectivity index (χ3n) is 5.13. The van der Waals surface area contributed by atoms with E-state index >= 15 is 0 Å². The maximum Gasteiger partial charge on any atom is 0.337 e. The SMILES string of the molecule is Cc1ccc(-c2c(C)c3c(c(C)c2[C@H](OC(C)(C)C)C(=O)O)NS(=O)(=O)/C=C\CO3)cc1. The van der Waals surface area contributed by atoms with Gasteiger partial charge in [-0.25, -0.2) is 13.2 Å². The molecule has 1 atom stereocenters. The highest BCUT2D eigenvalue weighted by Gasteiger charge is 2.35. The standard InChI is InChI=1S/C24H29NO6S/c1-14-8-10-17(11-9-14)18-16(3)21-20(25-32(28,29)13-7-12-30-21)15(2)19(18)22(23(26)27)31-24(4,5)6/h7-11,13,22,25H,12H2,1-6H3,(H,26,27)/b13-7-/t22-/m0/s1. The fraction of sp³-hybridized carbons (Fsp3) is 0.375. The van der Waals surface area contributed by atoms with Gasteiger partial charge in [-0.2, -0.15) is 0 Å². The van der Waals surface area contributed by atoms with Crippen molar-refractivity contribution in [1.82, 2.24) is 0 Å². The van der Waals surface area contributed by atoms with Crippen LogP contribution in [0, 0.1) is 20.8 Å². The summed E-state index contributed by atoms with van der Waals surface area (Å²) in [6.07, 6.45) is 0.100. The zero-order valence-corrected chi connectivity index (χ0v) is 20.0. The molecule has 2 N–H and O–H groups in total. The van der Waals surface area contributed by atoms with E-state index < -0.39 is 27.7 Å². The number of carbonyl (C=O) groups is 1. The summed E-state index contributed by atoms with van der Waals surface area (Å²) in [5.74, 6) is -0.792. The molecule has 8 heteroatoms. The predicted octanol–water partition coefficient (Wildman–Crippen LogP) is 4.87. The first-order chi connectivity index (χ1) is 14.8. The Bertz CT molecular complexity index is 1170. The Morgan fingerprint density at radius 2 is 1.75 bits per heavy atom. The molecule has 0 fully saturated rings. The van der Waals surface area contributed by atoms with Crippen LogP contribution in [0.1, 0.15) is 49.1 Å². The van der Waals surface area contributed by atoms with Gasteiger partial charge in [0.05, 0.1) is 16.7 Å². The van der Waals surface area contributed by atoms with Gasteiger partial charge in [0.1, 0.15) is 12.4 Å². The average Bonchev–Trinajstić information content (AvgIpc) is 2.66. The van der Waals surface area contributed by atoms with Gasteiger partial charge in [0.15, 0.2) is 6.10 Å². The molecule has 32 heavy (non-hydrogen) atoms. The summed E-state index contributed by atoms with van der Waals surface area (Å²) >= 11 is 0. The Kier molecular flexibility index (Phi) is 6.40. The molecule has 0 spiro atoms. The molecular formula is C24H29NO6S. The molecule has 172 valence electrons. The maximum absolute atomic E-state index is 12.5. The van der Waals surface area contributed by atoms with Crippen molar-refractivity contribution in [1.29, 1.82) is 0 Å². The van der Waals surface area contributed by atoms with Gasteiger partial charge in [-0.1, -0.05) is 29.8 Å². The molecule has 1 aliphatic rings. The average molecular weight is 460 g/mol. The summed E-state index contributed by atoms with van der Waals surface area (Å²) in [5, 5.41) is 11.2. The summed E-state index contributed by atoms with van der Waals surface area (Å²) in [6.45, 7) is 10.9. The number of rotatable bonds is 4. The van der Waals surface area contributed by atoms with Crippen LogP contribution in [-0.2, 0) is 19.6 Å². The first kappa shape index (κ1) is 23.8. The lowest BCUT2D eigenvalue weighted by atomic mass is 9.86. The second-order valence-electron chi connectivity index (χ2n) is 8.89. The van der Waals surface area contributed by atoms with Gasteiger partial charge in [-0.3, -0.25) is 4.72 Å². The van der Waals surface area contributed by atoms with Crippen molar-refractivity contribution in [2.75, 3.05) is 11.3 Å². The highest BCUT2D eigenvalue weighted by atomic mass is 32.2. The number of aryl methyl sites for hydroxylation is 1. The monoisotopic (exact) mass is 459 g/mol. The number of sulfonamides is 1. The number of aliphatic carboxylic acids is 1. The number of carboxylic acids is 1. The lowest BCUT2D eigenvalue weighted by molar-refractivity contribution is -0.160. The Balaban J connectivity index is 2.42. The molecule has 2 aromatic carbocycles. The topological polar surface area (TPSA) is 102 Å². The van der Waals surface area contributed by atoms with Gasteiger partial charge in [0, 0.05) is 11.1 Å². The van der Waals surface area contributed by atoms with Crippen LogP contribution in [0.25, 0.3) is 11.1 Å². The fourth-order valence-corrected chi connectivity index (χ4v) is 4.71. The molecule has 0 aromatic heterocycles. The minimum atomic E-state index is -3.77. The van der Waals surface area contributed by atoms with Crippen LogP contribution in [0.5, 0.6) is 5.75 Å². The van der Waals surface area contributed by atoms with Gasteiger partial charge >= 0.3 is 5.97 Å².